The van der Waals surface area contributed by atoms with Crippen LogP contribution in [0, 0.1) is 5.92 Å². The molecule has 1 saturated heterocycles. The molecule has 1 aliphatic heterocycles. The van der Waals surface area contributed by atoms with Gasteiger partial charge in [-0.1, -0.05) is 11.6 Å². The van der Waals surface area contributed by atoms with Crippen LogP contribution in [0.15, 0.2) is 6.20 Å². The Hall–Kier alpha value is 0.230. The molecule has 14 heavy (non-hydrogen) atoms. The lowest BCUT2D eigenvalue weighted by atomic mass is 10.2. The van der Waals surface area contributed by atoms with Gasteiger partial charge in [0.25, 0.3) is 0 Å². The fourth-order valence-electron chi connectivity index (χ4n) is 1.53. The zero-order valence-corrected chi connectivity index (χ0v) is 10.2. The Balaban J connectivity index is 1.67. The van der Waals surface area contributed by atoms with E-state index in [4.69, 9.17) is 11.6 Å². The molecule has 2 nitrogen and oxygen atoms in total. The lowest BCUT2D eigenvalue weighted by Gasteiger charge is -2.05. The topological polar surface area (TPSA) is 24.9 Å². The van der Waals surface area contributed by atoms with Gasteiger partial charge in [0.05, 0.1) is 0 Å². The Morgan fingerprint density at radius 1 is 1.71 bits per heavy atom. The number of hydrogen-bond donors (Lipinski definition) is 1. The monoisotopic (exact) mass is 248 g/mol. The van der Waals surface area contributed by atoms with E-state index in [0.29, 0.717) is 4.47 Å². The molecule has 0 spiro atoms. The molecule has 0 aliphatic carbocycles. The molecule has 2 rings (SSSR count). The highest BCUT2D eigenvalue weighted by atomic mass is 35.5. The molecule has 1 aromatic rings. The maximum atomic E-state index is 5.75. The zero-order chi connectivity index (χ0) is 9.80. The zero-order valence-electron chi connectivity index (χ0n) is 7.83. The predicted molar refractivity (Wildman–Crippen MR) is 64.3 cm³/mol. The number of thiazole rings is 1. The minimum Gasteiger partial charge on any atom is -0.316 e. The number of aromatic nitrogens is 1. The van der Waals surface area contributed by atoms with E-state index < -0.39 is 0 Å². The SMILES string of the molecule is Clc1ncc(CSCC2CCNC2)s1. The van der Waals surface area contributed by atoms with Crippen molar-refractivity contribution in [1.29, 1.82) is 0 Å². The predicted octanol–water partition coefficient (Wildman–Crippen LogP) is 2.64. The molecule has 1 fully saturated rings. The van der Waals surface area contributed by atoms with E-state index in [1.807, 2.05) is 18.0 Å². The highest BCUT2D eigenvalue weighted by Gasteiger charge is 2.14. The second-order valence-electron chi connectivity index (χ2n) is 3.45. The third-order valence-corrected chi connectivity index (χ3v) is 4.81. The highest BCUT2D eigenvalue weighted by molar-refractivity contribution is 7.98. The second kappa shape index (κ2) is 5.35. The first-order valence-corrected chi connectivity index (χ1v) is 7.08. The summed E-state index contributed by atoms with van der Waals surface area (Å²) in [7, 11) is 0. The molecule has 0 radical (unpaired) electrons. The average molecular weight is 249 g/mol. The average Bonchev–Trinajstić information content (AvgIpc) is 2.77. The summed E-state index contributed by atoms with van der Waals surface area (Å²) in [4.78, 5) is 5.31. The number of nitrogens with one attached hydrogen (secondary N) is 1. The van der Waals surface area contributed by atoms with Gasteiger partial charge in [-0.2, -0.15) is 11.8 Å². The summed E-state index contributed by atoms with van der Waals surface area (Å²) < 4.78 is 0.656. The Morgan fingerprint density at radius 2 is 2.64 bits per heavy atom. The van der Waals surface area contributed by atoms with Crippen molar-refractivity contribution >= 4 is 34.7 Å². The van der Waals surface area contributed by atoms with E-state index in [0.717, 1.165) is 11.7 Å². The van der Waals surface area contributed by atoms with E-state index >= 15 is 0 Å². The number of thioether (sulfide) groups is 1. The van der Waals surface area contributed by atoms with Crippen LogP contribution in [0.2, 0.25) is 4.47 Å². The number of rotatable bonds is 4. The van der Waals surface area contributed by atoms with E-state index in [1.165, 1.54) is 30.1 Å². The molecular weight excluding hydrogens is 236 g/mol. The molecule has 1 aliphatic rings. The highest BCUT2D eigenvalue weighted by Crippen LogP contribution is 2.24. The summed E-state index contributed by atoms with van der Waals surface area (Å²) in [5.41, 5.74) is 0. The molecule has 78 valence electrons. The molecule has 2 heterocycles. The minimum absolute atomic E-state index is 0.656. The lowest BCUT2D eigenvalue weighted by molar-refractivity contribution is 0.662. The smallest absolute Gasteiger partial charge is 0.183 e. The molecule has 1 aromatic heterocycles. The van der Waals surface area contributed by atoms with Crippen LogP contribution in [-0.4, -0.2) is 23.8 Å². The van der Waals surface area contributed by atoms with Gasteiger partial charge >= 0.3 is 0 Å². The maximum absolute atomic E-state index is 5.75. The second-order valence-corrected chi connectivity index (χ2v) is 6.18. The first-order valence-electron chi connectivity index (χ1n) is 4.73. The van der Waals surface area contributed by atoms with Gasteiger partial charge in [0.15, 0.2) is 4.47 Å². The van der Waals surface area contributed by atoms with Crippen LogP contribution >= 0.6 is 34.7 Å². The standard InChI is InChI=1S/C9H13ClN2S2/c10-9-12-4-8(14-9)6-13-5-7-1-2-11-3-7/h4,7,11H,1-3,5-6H2. The number of hydrogen-bond acceptors (Lipinski definition) is 4. The first kappa shape index (κ1) is 10.7. The van der Waals surface area contributed by atoms with Crippen molar-refractivity contribution in [3.63, 3.8) is 0 Å². The van der Waals surface area contributed by atoms with E-state index in [1.54, 1.807) is 11.3 Å². The Bertz CT molecular complexity index is 284. The molecule has 0 amide bonds. The molecule has 0 aromatic carbocycles. The normalized spacial score (nSPS) is 21.6. The van der Waals surface area contributed by atoms with Crippen molar-refractivity contribution in [3.8, 4) is 0 Å². The largest absolute Gasteiger partial charge is 0.316 e. The third-order valence-electron chi connectivity index (χ3n) is 2.29. The summed E-state index contributed by atoms with van der Waals surface area (Å²) >= 11 is 9.33. The van der Waals surface area contributed by atoms with Crippen molar-refractivity contribution in [3.05, 3.63) is 15.5 Å². The maximum Gasteiger partial charge on any atom is 0.183 e. The summed E-state index contributed by atoms with van der Waals surface area (Å²) in [6, 6.07) is 0. The van der Waals surface area contributed by atoms with Crippen LogP contribution in [0.1, 0.15) is 11.3 Å². The third kappa shape index (κ3) is 3.12. The van der Waals surface area contributed by atoms with E-state index in [9.17, 15) is 0 Å². The van der Waals surface area contributed by atoms with Crippen LogP contribution in [0.5, 0.6) is 0 Å². The minimum atomic E-state index is 0.656. The van der Waals surface area contributed by atoms with Crippen molar-refractivity contribution in [1.82, 2.24) is 10.3 Å². The summed E-state index contributed by atoms with van der Waals surface area (Å²) in [6.45, 7) is 2.38. The summed E-state index contributed by atoms with van der Waals surface area (Å²) in [5, 5.41) is 3.38. The van der Waals surface area contributed by atoms with Crippen LogP contribution in [0.3, 0.4) is 0 Å². The molecule has 1 unspecified atom stereocenters. The molecule has 0 saturated carbocycles. The van der Waals surface area contributed by atoms with Crippen molar-refractivity contribution in [2.24, 2.45) is 5.92 Å². The van der Waals surface area contributed by atoms with Crippen molar-refractivity contribution in [2.75, 3.05) is 18.8 Å². The van der Waals surface area contributed by atoms with Crippen LogP contribution in [0.4, 0.5) is 0 Å². The molecule has 0 bridgehead atoms. The van der Waals surface area contributed by atoms with Gasteiger partial charge in [0, 0.05) is 16.8 Å². The Morgan fingerprint density at radius 3 is 3.29 bits per heavy atom. The molecular formula is C9H13ClN2S2. The van der Waals surface area contributed by atoms with Gasteiger partial charge in [0.1, 0.15) is 0 Å². The first-order chi connectivity index (χ1) is 6.84. The molecule has 1 atom stereocenters. The number of nitrogens with zero attached hydrogens (tertiary/aromatic N) is 1. The fraction of sp³-hybridized carbons (Fsp3) is 0.667. The molecule has 5 heteroatoms. The van der Waals surface area contributed by atoms with Crippen molar-refractivity contribution < 1.29 is 0 Å². The Kier molecular flexibility index (Phi) is 4.10. The quantitative estimate of drug-likeness (QED) is 0.887. The fourth-order valence-corrected chi connectivity index (χ4v) is 3.80. The van der Waals surface area contributed by atoms with Gasteiger partial charge in [-0.25, -0.2) is 4.98 Å². The summed E-state index contributed by atoms with van der Waals surface area (Å²) in [5.74, 6) is 3.17. The van der Waals surface area contributed by atoms with Gasteiger partial charge < -0.3 is 5.32 Å². The summed E-state index contributed by atoms with van der Waals surface area (Å²) in [6.07, 6.45) is 3.21. The van der Waals surface area contributed by atoms with Crippen LogP contribution in [0.25, 0.3) is 0 Å². The van der Waals surface area contributed by atoms with Gasteiger partial charge in [-0.05, 0) is 31.2 Å². The van der Waals surface area contributed by atoms with E-state index in [2.05, 4.69) is 10.3 Å². The number of halogens is 1. The van der Waals surface area contributed by atoms with Crippen LogP contribution in [-0.2, 0) is 5.75 Å². The van der Waals surface area contributed by atoms with Gasteiger partial charge in [-0.15, -0.1) is 11.3 Å². The van der Waals surface area contributed by atoms with Crippen molar-refractivity contribution in [2.45, 2.75) is 12.2 Å². The van der Waals surface area contributed by atoms with Gasteiger partial charge in [0.2, 0.25) is 0 Å². The van der Waals surface area contributed by atoms with E-state index in [-0.39, 0.29) is 0 Å². The van der Waals surface area contributed by atoms with Gasteiger partial charge in [-0.3, -0.25) is 0 Å². The molecule has 1 N–H and O–H groups in total. The Labute approximate surface area is 97.5 Å². The lowest BCUT2D eigenvalue weighted by Crippen LogP contribution is -2.10. The van der Waals surface area contributed by atoms with Crippen LogP contribution < -0.4 is 5.32 Å².